The molecule has 0 saturated carbocycles. The van der Waals surface area contributed by atoms with Crippen molar-refractivity contribution in [3.63, 3.8) is 0 Å². The maximum absolute atomic E-state index is 12.4. The Morgan fingerprint density at radius 1 is 1.24 bits per heavy atom. The van der Waals surface area contributed by atoms with Crippen molar-refractivity contribution >= 4 is 34.8 Å². The topological polar surface area (TPSA) is 119 Å². The van der Waals surface area contributed by atoms with Gasteiger partial charge in [0.05, 0.1) is 10.8 Å². The summed E-state index contributed by atoms with van der Waals surface area (Å²) in [4.78, 5) is 36.6. The number of carbonyl (C=O) groups excluding carboxylic acids is 2. The number of nitrogens with one attached hydrogen (secondary N) is 1. The van der Waals surface area contributed by atoms with Gasteiger partial charge >= 0.3 is 0 Å². The van der Waals surface area contributed by atoms with Crippen molar-refractivity contribution in [3.8, 4) is 0 Å². The number of carbonyl (C=O) groups is 2. The first-order chi connectivity index (χ1) is 13.8. The summed E-state index contributed by atoms with van der Waals surface area (Å²) in [6.07, 6.45) is 1.76. The van der Waals surface area contributed by atoms with E-state index in [-0.39, 0.29) is 28.1 Å². The summed E-state index contributed by atoms with van der Waals surface area (Å²) in [5, 5.41) is 14.0. The Bertz CT molecular complexity index is 933. The molecule has 0 spiro atoms. The standard InChI is InChI=1S/C20H21ClN4O4/c21-15-5-8-17(18(10-15)25(28)29)20(27)23-16-6-3-13(4-7-16)11-24-9-1-2-14(12-24)19(22)26/h3-8,10,14H,1-2,9,11-12H2,(H2,22,26)(H,23,27). The molecule has 9 heteroatoms. The van der Waals surface area contributed by atoms with Gasteiger partial charge in [0.1, 0.15) is 5.56 Å². The number of nitro groups is 1. The molecule has 1 fully saturated rings. The van der Waals surface area contributed by atoms with Crippen LogP contribution in [-0.2, 0) is 11.3 Å². The van der Waals surface area contributed by atoms with Gasteiger partial charge in [-0.15, -0.1) is 0 Å². The van der Waals surface area contributed by atoms with Crippen LogP contribution in [0.2, 0.25) is 5.02 Å². The number of hydrogen-bond acceptors (Lipinski definition) is 5. The van der Waals surface area contributed by atoms with Crippen LogP contribution >= 0.6 is 11.6 Å². The molecular weight excluding hydrogens is 396 g/mol. The van der Waals surface area contributed by atoms with Gasteiger partial charge in [0, 0.05) is 29.9 Å². The molecule has 0 aromatic heterocycles. The Morgan fingerprint density at radius 3 is 2.62 bits per heavy atom. The summed E-state index contributed by atoms with van der Waals surface area (Å²) >= 11 is 5.78. The molecular formula is C20H21ClN4O4. The van der Waals surface area contributed by atoms with Gasteiger partial charge in [-0.3, -0.25) is 24.6 Å². The summed E-state index contributed by atoms with van der Waals surface area (Å²) in [7, 11) is 0. The fraction of sp³-hybridized carbons (Fsp3) is 0.300. The van der Waals surface area contributed by atoms with Crippen molar-refractivity contribution in [3.05, 3.63) is 68.7 Å². The van der Waals surface area contributed by atoms with E-state index in [1.54, 1.807) is 12.1 Å². The second kappa shape index (κ2) is 9.02. The maximum Gasteiger partial charge on any atom is 0.283 e. The summed E-state index contributed by atoms with van der Waals surface area (Å²) < 4.78 is 0. The van der Waals surface area contributed by atoms with Crippen molar-refractivity contribution in [1.29, 1.82) is 0 Å². The van der Waals surface area contributed by atoms with Crippen LogP contribution in [0.1, 0.15) is 28.8 Å². The normalized spacial score (nSPS) is 16.9. The van der Waals surface area contributed by atoms with Gasteiger partial charge in [-0.25, -0.2) is 0 Å². The molecule has 0 bridgehead atoms. The van der Waals surface area contributed by atoms with Crippen LogP contribution < -0.4 is 11.1 Å². The Balaban J connectivity index is 1.64. The molecule has 1 aliphatic heterocycles. The first-order valence-electron chi connectivity index (χ1n) is 9.19. The van der Waals surface area contributed by atoms with E-state index in [0.29, 0.717) is 18.8 Å². The molecule has 29 heavy (non-hydrogen) atoms. The minimum atomic E-state index is -0.637. The summed E-state index contributed by atoms with van der Waals surface area (Å²) in [6.45, 7) is 2.23. The third-order valence-electron chi connectivity index (χ3n) is 4.93. The fourth-order valence-corrected chi connectivity index (χ4v) is 3.60. The van der Waals surface area contributed by atoms with Crippen molar-refractivity contribution in [1.82, 2.24) is 4.90 Å². The van der Waals surface area contributed by atoms with Crippen LogP contribution in [0, 0.1) is 16.0 Å². The first-order valence-corrected chi connectivity index (χ1v) is 9.57. The molecule has 1 atom stereocenters. The Morgan fingerprint density at radius 2 is 1.97 bits per heavy atom. The molecule has 0 radical (unpaired) electrons. The van der Waals surface area contributed by atoms with Crippen molar-refractivity contribution < 1.29 is 14.5 Å². The lowest BCUT2D eigenvalue weighted by atomic mass is 9.97. The number of anilines is 1. The predicted molar refractivity (Wildman–Crippen MR) is 110 cm³/mol. The van der Waals surface area contributed by atoms with Gasteiger partial charge in [0.15, 0.2) is 0 Å². The van der Waals surface area contributed by atoms with Gasteiger partial charge in [0.25, 0.3) is 11.6 Å². The highest BCUT2D eigenvalue weighted by molar-refractivity contribution is 6.31. The van der Waals surface area contributed by atoms with Crippen molar-refractivity contribution in [2.75, 3.05) is 18.4 Å². The molecule has 1 aliphatic rings. The van der Waals surface area contributed by atoms with Gasteiger partial charge in [-0.05, 0) is 49.2 Å². The van der Waals surface area contributed by atoms with E-state index in [9.17, 15) is 19.7 Å². The average molecular weight is 417 g/mol. The lowest BCUT2D eigenvalue weighted by Crippen LogP contribution is -2.40. The largest absolute Gasteiger partial charge is 0.369 e. The van der Waals surface area contributed by atoms with Gasteiger partial charge in [-0.2, -0.15) is 0 Å². The third-order valence-corrected chi connectivity index (χ3v) is 5.16. The van der Waals surface area contributed by atoms with Crippen LogP contribution in [0.4, 0.5) is 11.4 Å². The molecule has 0 aliphatic carbocycles. The van der Waals surface area contributed by atoms with Crippen LogP contribution in [0.15, 0.2) is 42.5 Å². The fourth-order valence-electron chi connectivity index (χ4n) is 3.43. The summed E-state index contributed by atoms with van der Waals surface area (Å²) in [5.74, 6) is -0.956. The van der Waals surface area contributed by atoms with Crippen LogP contribution in [-0.4, -0.2) is 34.7 Å². The summed E-state index contributed by atoms with van der Waals surface area (Å²) in [5.41, 5.74) is 6.57. The van der Waals surface area contributed by atoms with E-state index in [2.05, 4.69) is 10.2 Å². The number of primary amides is 1. The highest BCUT2D eigenvalue weighted by Gasteiger charge is 2.24. The molecule has 3 N–H and O–H groups in total. The number of hydrogen-bond donors (Lipinski definition) is 2. The zero-order valence-electron chi connectivity index (χ0n) is 15.6. The van der Waals surface area contributed by atoms with Gasteiger partial charge in [0.2, 0.25) is 5.91 Å². The number of nitrogens with zero attached hydrogens (tertiary/aromatic N) is 2. The maximum atomic E-state index is 12.4. The minimum absolute atomic E-state index is 0.0608. The Kier molecular flexibility index (Phi) is 6.46. The van der Waals surface area contributed by atoms with Crippen molar-refractivity contribution in [2.45, 2.75) is 19.4 Å². The number of nitro benzene ring substituents is 1. The highest BCUT2D eigenvalue weighted by atomic mass is 35.5. The van der Waals surface area contributed by atoms with Gasteiger partial charge < -0.3 is 11.1 Å². The molecule has 1 saturated heterocycles. The van der Waals surface area contributed by atoms with E-state index in [1.165, 1.54) is 12.1 Å². The lowest BCUT2D eigenvalue weighted by Gasteiger charge is -2.31. The number of likely N-dealkylation sites (tertiary alicyclic amines) is 1. The quantitative estimate of drug-likeness (QED) is 0.553. The highest BCUT2D eigenvalue weighted by Crippen LogP contribution is 2.24. The molecule has 152 valence electrons. The van der Waals surface area contributed by atoms with E-state index < -0.39 is 10.8 Å². The van der Waals surface area contributed by atoms with E-state index in [4.69, 9.17) is 17.3 Å². The average Bonchev–Trinajstić information content (AvgIpc) is 2.69. The van der Waals surface area contributed by atoms with Crippen molar-refractivity contribution in [2.24, 2.45) is 11.7 Å². The van der Waals surface area contributed by atoms with Crippen LogP contribution in [0.3, 0.4) is 0 Å². The summed E-state index contributed by atoms with van der Waals surface area (Å²) in [6, 6.07) is 11.1. The number of rotatable bonds is 6. The minimum Gasteiger partial charge on any atom is -0.369 e. The SMILES string of the molecule is NC(=O)C1CCCN(Cc2ccc(NC(=O)c3ccc(Cl)cc3[N+](=O)[O-])cc2)C1. The lowest BCUT2D eigenvalue weighted by molar-refractivity contribution is -0.385. The zero-order valence-corrected chi connectivity index (χ0v) is 16.4. The van der Waals surface area contributed by atoms with E-state index in [0.717, 1.165) is 31.0 Å². The Hall–Kier alpha value is -2.97. The second-order valence-electron chi connectivity index (χ2n) is 7.05. The Labute approximate surface area is 172 Å². The number of nitrogens with two attached hydrogens (primary N) is 1. The van der Waals surface area contributed by atoms with Gasteiger partial charge in [-0.1, -0.05) is 23.7 Å². The number of piperidine rings is 1. The monoisotopic (exact) mass is 416 g/mol. The molecule has 8 nitrogen and oxygen atoms in total. The molecule has 2 aromatic carbocycles. The molecule has 1 unspecified atom stereocenters. The smallest absolute Gasteiger partial charge is 0.283 e. The molecule has 2 aromatic rings. The molecule has 1 heterocycles. The first kappa shape index (κ1) is 20.8. The molecule has 2 amide bonds. The molecule has 3 rings (SSSR count). The van der Waals surface area contributed by atoms with E-state index >= 15 is 0 Å². The van der Waals surface area contributed by atoms with Crippen LogP contribution in [0.5, 0.6) is 0 Å². The third kappa shape index (κ3) is 5.30. The number of halogens is 1. The second-order valence-corrected chi connectivity index (χ2v) is 7.48. The van der Waals surface area contributed by atoms with E-state index in [1.807, 2.05) is 12.1 Å². The zero-order chi connectivity index (χ0) is 21.0. The number of amides is 2. The van der Waals surface area contributed by atoms with Crippen LogP contribution in [0.25, 0.3) is 0 Å². The predicted octanol–water partition coefficient (Wildman–Crippen LogP) is 3.20. The number of benzene rings is 2.